The molecule has 0 bridgehead atoms. The molecule has 24 heavy (non-hydrogen) atoms. The maximum absolute atomic E-state index is 4.75. The number of hydrogen-bond donors (Lipinski definition) is 0. The number of rotatable bonds is 3. The van der Waals surface area contributed by atoms with Gasteiger partial charge in [-0.05, 0) is 48.5 Å². The van der Waals surface area contributed by atoms with Crippen molar-refractivity contribution in [3.8, 4) is 34.0 Å². The third-order valence-electron chi connectivity index (χ3n) is 3.64. The van der Waals surface area contributed by atoms with Gasteiger partial charge < -0.3 is 0 Å². The van der Waals surface area contributed by atoms with Crippen molar-refractivity contribution >= 4 is 0 Å². The Balaban J connectivity index is 1.92. The molecule has 4 rings (SSSR count). The molecule has 0 radical (unpaired) electrons. The minimum atomic E-state index is 0.805. The fourth-order valence-corrected chi connectivity index (χ4v) is 2.50. The quantitative estimate of drug-likeness (QED) is 0.567. The molecular formula is C20H14N4. The zero-order valence-corrected chi connectivity index (χ0v) is 12.9. The third kappa shape index (κ3) is 2.90. The second-order valence-corrected chi connectivity index (χ2v) is 5.27. The SMILES string of the molecule is c1ccc(-c2cc(-c3ccccn3)nc(-c3ccccn3)c2)nc1. The second-order valence-electron chi connectivity index (χ2n) is 5.27. The van der Waals surface area contributed by atoms with E-state index in [4.69, 9.17) is 4.98 Å². The molecule has 4 heteroatoms. The Hall–Kier alpha value is -3.40. The van der Waals surface area contributed by atoms with Crippen LogP contribution in [0.3, 0.4) is 0 Å². The molecule has 4 aromatic rings. The first-order valence-corrected chi connectivity index (χ1v) is 7.66. The van der Waals surface area contributed by atoms with Gasteiger partial charge in [0.2, 0.25) is 0 Å². The highest BCUT2D eigenvalue weighted by Crippen LogP contribution is 2.27. The largest absolute Gasteiger partial charge is 0.256 e. The van der Waals surface area contributed by atoms with Crippen LogP contribution in [0, 0.1) is 0 Å². The first-order chi connectivity index (χ1) is 11.9. The second kappa shape index (κ2) is 6.38. The van der Waals surface area contributed by atoms with E-state index in [1.165, 1.54) is 0 Å². The van der Waals surface area contributed by atoms with E-state index in [2.05, 4.69) is 15.0 Å². The zero-order chi connectivity index (χ0) is 16.2. The van der Waals surface area contributed by atoms with E-state index in [1.807, 2.05) is 66.7 Å². The van der Waals surface area contributed by atoms with E-state index in [9.17, 15) is 0 Å². The number of hydrogen-bond acceptors (Lipinski definition) is 4. The maximum atomic E-state index is 4.75. The van der Waals surface area contributed by atoms with E-state index < -0.39 is 0 Å². The van der Waals surface area contributed by atoms with Gasteiger partial charge in [-0.25, -0.2) is 4.98 Å². The summed E-state index contributed by atoms with van der Waals surface area (Å²) in [4.78, 5) is 18.0. The van der Waals surface area contributed by atoms with Crippen LogP contribution in [-0.4, -0.2) is 19.9 Å². The number of pyridine rings is 4. The van der Waals surface area contributed by atoms with Crippen molar-refractivity contribution < 1.29 is 0 Å². The van der Waals surface area contributed by atoms with Crippen LogP contribution >= 0.6 is 0 Å². The minimum Gasteiger partial charge on any atom is -0.256 e. The molecule has 4 nitrogen and oxygen atoms in total. The predicted molar refractivity (Wildman–Crippen MR) is 93.9 cm³/mol. The Labute approximate surface area is 139 Å². The van der Waals surface area contributed by atoms with Crippen molar-refractivity contribution in [2.75, 3.05) is 0 Å². The maximum Gasteiger partial charge on any atom is 0.0901 e. The lowest BCUT2D eigenvalue weighted by atomic mass is 10.1. The van der Waals surface area contributed by atoms with Gasteiger partial charge >= 0.3 is 0 Å². The lowest BCUT2D eigenvalue weighted by Gasteiger charge is -2.08. The fourth-order valence-electron chi connectivity index (χ4n) is 2.50. The van der Waals surface area contributed by atoms with Gasteiger partial charge in [0.25, 0.3) is 0 Å². The average molecular weight is 310 g/mol. The standard InChI is InChI=1S/C20H14N4/c1-4-10-21-16(7-1)15-13-19(17-8-2-5-11-22-17)24-20(14-15)18-9-3-6-12-23-18/h1-14H. The normalized spacial score (nSPS) is 10.5. The van der Waals surface area contributed by atoms with Crippen molar-refractivity contribution in [3.05, 3.63) is 85.3 Å². The minimum absolute atomic E-state index is 0.805. The summed E-state index contributed by atoms with van der Waals surface area (Å²) in [7, 11) is 0. The van der Waals surface area contributed by atoms with Crippen LogP contribution in [0.25, 0.3) is 34.0 Å². The molecule has 0 aliphatic carbocycles. The van der Waals surface area contributed by atoms with Crippen LogP contribution in [0.5, 0.6) is 0 Å². The monoisotopic (exact) mass is 310 g/mol. The van der Waals surface area contributed by atoms with E-state index in [0.29, 0.717) is 0 Å². The summed E-state index contributed by atoms with van der Waals surface area (Å²) in [6.07, 6.45) is 5.33. The van der Waals surface area contributed by atoms with Gasteiger partial charge in [-0.1, -0.05) is 18.2 Å². The van der Waals surface area contributed by atoms with Gasteiger partial charge in [0.1, 0.15) is 0 Å². The smallest absolute Gasteiger partial charge is 0.0901 e. The summed E-state index contributed by atoms with van der Waals surface area (Å²) < 4.78 is 0. The lowest BCUT2D eigenvalue weighted by Crippen LogP contribution is -1.94. The van der Waals surface area contributed by atoms with Crippen LogP contribution in [0.15, 0.2) is 85.3 Å². The Kier molecular flexibility index (Phi) is 3.78. The summed E-state index contributed by atoms with van der Waals surface area (Å²) in [6, 6.07) is 21.5. The number of aromatic nitrogens is 4. The molecule has 0 fully saturated rings. The molecule has 0 spiro atoms. The fraction of sp³-hybridized carbons (Fsp3) is 0. The van der Waals surface area contributed by atoms with Crippen molar-refractivity contribution in [1.29, 1.82) is 0 Å². The summed E-state index contributed by atoms with van der Waals surface area (Å²) in [5.74, 6) is 0. The highest BCUT2D eigenvalue weighted by atomic mass is 14.8. The highest BCUT2D eigenvalue weighted by molar-refractivity contribution is 5.72. The lowest BCUT2D eigenvalue weighted by molar-refractivity contribution is 1.21. The van der Waals surface area contributed by atoms with Crippen molar-refractivity contribution in [1.82, 2.24) is 19.9 Å². The Morgan fingerprint density at radius 3 is 1.33 bits per heavy atom. The van der Waals surface area contributed by atoms with Crippen LogP contribution in [-0.2, 0) is 0 Å². The van der Waals surface area contributed by atoms with Gasteiger partial charge in [0.15, 0.2) is 0 Å². The number of nitrogens with zero attached hydrogens (tertiary/aromatic N) is 4. The Bertz CT molecular complexity index is 799. The molecule has 4 aromatic heterocycles. The van der Waals surface area contributed by atoms with E-state index in [1.54, 1.807) is 18.6 Å². The summed E-state index contributed by atoms with van der Waals surface area (Å²) in [6.45, 7) is 0. The van der Waals surface area contributed by atoms with Crippen LogP contribution in [0.1, 0.15) is 0 Å². The molecule has 4 heterocycles. The van der Waals surface area contributed by atoms with Crippen LogP contribution in [0.2, 0.25) is 0 Å². The van der Waals surface area contributed by atoms with Crippen molar-refractivity contribution in [2.45, 2.75) is 0 Å². The van der Waals surface area contributed by atoms with Gasteiger partial charge in [-0.2, -0.15) is 0 Å². The molecule has 0 aliphatic rings. The first-order valence-electron chi connectivity index (χ1n) is 7.66. The van der Waals surface area contributed by atoms with E-state index in [-0.39, 0.29) is 0 Å². The Morgan fingerprint density at radius 2 is 0.917 bits per heavy atom. The summed E-state index contributed by atoms with van der Waals surface area (Å²) >= 11 is 0. The van der Waals surface area contributed by atoms with Crippen molar-refractivity contribution in [2.24, 2.45) is 0 Å². The molecule has 0 amide bonds. The van der Waals surface area contributed by atoms with Gasteiger partial charge in [0.05, 0.1) is 28.5 Å². The molecule has 0 saturated carbocycles. The molecule has 0 N–H and O–H groups in total. The van der Waals surface area contributed by atoms with Crippen LogP contribution < -0.4 is 0 Å². The molecule has 114 valence electrons. The van der Waals surface area contributed by atoms with E-state index in [0.717, 1.165) is 34.0 Å². The molecule has 0 unspecified atom stereocenters. The molecule has 0 aromatic carbocycles. The topological polar surface area (TPSA) is 51.6 Å². The third-order valence-corrected chi connectivity index (χ3v) is 3.64. The molecule has 0 saturated heterocycles. The predicted octanol–water partition coefficient (Wildman–Crippen LogP) is 4.27. The first kappa shape index (κ1) is 14.2. The average Bonchev–Trinajstić information content (AvgIpc) is 2.70. The molecular weight excluding hydrogens is 296 g/mol. The molecule has 0 aliphatic heterocycles. The van der Waals surface area contributed by atoms with Crippen molar-refractivity contribution in [3.63, 3.8) is 0 Å². The highest BCUT2D eigenvalue weighted by Gasteiger charge is 2.10. The van der Waals surface area contributed by atoms with Gasteiger partial charge in [-0.15, -0.1) is 0 Å². The Morgan fingerprint density at radius 1 is 0.458 bits per heavy atom. The van der Waals surface area contributed by atoms with Crippen LogP contribution in [0.4, 0.5) is 0 Å². The zero-order valence-electron chi connectivity index (χ0n) is 12.9. The summed E-state index contributed by atoms with van der Waals surface area (Å²) in [5, 5.41) is 0. The van der Waals surface area contributed by atoms with E-state index >= 15 is 0 Å². The molecule has 0 atom stereocenters. The van der Waals surface area contributed by atoms with Gasteiger partial charge in [0, 0.05) is 24.2 Å². The van der Waals surface area contributed by atoms with Gasteiger partial charge in [-0.3, -0.25) is 15.0 Å². The summed E-state index contributed by atoms with van der Waals surface area (Å²) in [5.41, 5.74) is 5.15.